The third-order valence-corrected chi connectivity index (χ3v) is 6.94. The fourth-order valence-electron chi connectivity index (χ4n) is 4.73. The number of pyridine rings is 1. The van der Waals surface area contributed by atoms with Crippen molar-refractivity contribution in [2.75, 3.05) is 26.3 Å². The van der Waals surface area contributed by atoms with Crippen molar-refractivity contribution in [1.29, 1.82) is 0 Å². The lowest BCUT2D eigenvalue weighted by molar-refractivity contribution is -0.147. The number of likely N-dealkylation sites (tertiary alicyclic amines) is 1. The van der Waals surface area contributed by atoms with Crippen molar-refractivity contribution in [3.63, 3.8) is 0 Å². The molecule has 0 bridgehead atoms. The van der Waals surface area contributed by atoms with E-state index in [1.54, 1.807) is 6.20 Å². The second-order valence-electron chi connectivity index (χ2n) is 8.97. The molecule has 7 nitrogen and oxygen atoms in total. The molecule has 1 saturated carbocycles. The van der Waals surface area contributed by atoms with Gasteiger partial charge in [0.2, 0.25) is 5.91 Å². The summed E-state index contributed by atoms with van der Waals surface area (Å²) in [6.45, 7) is 5.19. The molecule has 5 rings (SSSR count). The molecular weight excluding hydrogens is 368 g/mol. The molecule has 3 fully saturated rings. The Labute approximate surface area is 170 Å². The quantitative estimate of drug-likeness (QED) is 0.786. The number of aromatic nitrogens is 3. The lowest BCUT2D eigenvalue weighted by Crippen LogP contribution is -2.48. The highest BCUT2D eigenvalue weighted by molar-refractivity contribution is 5.83. The van der Waals surface area contributed by atoms with Gasteiger partial charge in [0.05, 0.1) is 6.61 Å². The maximum absolute atomic E-state index is 12.7. The molecule has 1 amide bonds. The summed E-state index contributed by atoms with van der Waals surface area (Å²) in [6, 6.07) is 3.95. The van der Waals surface area contributed by atoms with Crippen molar-refractivity contribution in [2.24, 2.45) is 5.41 Å². The van der Waals surface area contributed by atoms with Crippen molar-refractivity contribution in [3.05, 3.63) is 29.8 Å². The van der Waals surface area contributed by atoms with Crippen LogP contribution in [0.2, 0.25) is 0 Å². The maximum atomic E-state index is 12.7. The second kappa shape index (κ2) is 7.52. The SMILES string of the molecule is CC1(C(=O)N2CCC(c3noc(-c4ccnc(C5CCOC5)c4)n3)CC2)CCC1. The van der Waals surface area contributed by atoms with E-state index in [1.807, 2.05) is 17.0 Å². The Balaban J connectivity index is 1.24. The van der Waals surface area contributed by atoms with Gasteiger partial charge in [0.15, 0.2) is 5.82 Å². The van der Waals surface area contributed by atoms with Gasteiger partial charge in [-0.25, -0.2) is 0 Å². The largest absolute Gasteiger partial charge is 0.381 e. The number of piperidine rings is 1. The van der Waals surface area contributed by atoms with E-state index in [9.17, 15) is 4.79 Å². The predicted molar refractivity (Wildman–Crippen MR) is 106 cm³/mol. The van der Waals surface area contributed by atoms with Crippen LogP contribution in [0.15, 0.2) is 22.9 Å². The molecule has 0 spiro atoms. The van der Waals surface area contributed by atoms with E-state index < -0.39 is 0 Å². The first kappa shape index (κ1) is 18.7. The molecule has 0 aromatic carbocycles. The first-order valence-electron chi connectivity index (χ1n) is 10.8. The van der Waals surface area contributed by atoms with E-state index in [2.05, 4.69) is 22.0 Å². The van der Waals surface area contributed by atoms with Gasteiger partial charge in [0, 0.05) is 54.4 Å². The molecule has 1 unspecified atom stereocenters. The number of amides is 1. The van der Waals surface area contributed by atoms with E-state index in [0.29, 0.717) is 17.7 Å². The molecule has 154 valence electrons. The van der Waals surface area contributed by atoms with Crippen LogP contribution in [-0.2, 0) is 9.53 Å². The summed E-state index contributed by atoms with van der Waals surface area (Å²) in [5.74, 6) is 2.22. The zero-order chi connectivity index (χ0) is 19.8. The number of hydrogen-bond acceptors (Lipinski definition) is 6. The van der Waals surface area contributed by atoms with Gasteiger partial charge in [-0.05, 0) is 44.2 Å². The Morgan fingerprint density at radius 1 is 1.21 bits per heavy atom. The first-order valence-corrected chi connectivity index (χ1v) is 10.8. The third-order valence-electron chi connectivity index (χ3n) is 6.94. The minimum Gasteiger partial charge on any atom is -0.381 e. The van der Waals surface area contributed by atoms with Gasteiger partial charge in [-0.15, -0.1) is 0 Å². The van der Waals surface area contributed by atoms with E-state index in [0.717, 1.165) is 75.5 Å². The third kappa shape index (κ3) is 3.56. The Morgan fingerprint density at radius 2 is 2.03 bits per heavy atom. The molecule has 2 aromatic rings. The summed E-state index contributed by atoms with van der Waals surface area (Å²) in [5, 5.41) is 4.25. The number of ether oxygens (including phenoxy) is 1. The lowest BCUT2D eigenvalue weighted by Gasteiger charge is -2.42. The summed E-state index contributed by atoms with van der Waals surface area (Å²) in [5.41, 5.74) is 1.82. The van der Waals surface area contributed by atoms with Crippen LogP contribution < -0.4 is 0 Å². The van der Waals surface area contributed by atoms with E-state index >= 15 is 0 Å². The van der Waals surface area contributed by atoms with E-state index in [4.69, 9.17) is 9.26 Å². The van der Waals surface area contributed by atoms with Gasteiger partial charge in [-0.1, -0.05) is 18.5 Å². The van der Waals surface area contributed by atoms with Crippen LogP contribution in [0.25, 0.3) is 11.5 Å². The van der Waals surface area contributed by atoms with Gasteiger partial charge < -0.3 is 14.2 Å². The topological polar surface area (TPSA) is 81.4 Å². The molecule has 2 saturated heterocycles. The number of carbonyl (C=O) groups excluding carboxylic acids is 1. The highest BCUT2D eigenvalue weighted by atomic mass is 16.5. The van der Waals surface area contributed by atoms with Crippen LogP contribution in [0.3, 0.4) is 0 Å². The Hall–Kier alpha value is -2.28. The van der Waals surface area contributed by atoms with Crippen LogP contribution in [0.4, 0.5) is 0 Å². The average Bonchev–Trinajstić information content (AvgIpc) is 3.44. The van der Waals surface area contributed by atoms with Crippen LogP contribution in [0.1, 0.15) is 68.8 Å². The predicted octanol–water partition coefficient (Wildman–Crippen LogP) is 3.53. The molecule has 0 radical (unpaired) electrons. The van der Waals surface area contributed by atoms with Crippen molar-refractivity contribution in [3.8, 4) is 11.5 Å². The fourth-order valence-corrected chi connectivity index (χ4v) is 4.73. The average molecular weight is 396 g/mol. The summed E-state index contributed by atoms with van der Waals surface area (Å²) in [7, 11) is 0. The maximum Gasteiger partial charge on any atom is 0.258 e. The number of hydrogen-bond donors (Lipinski definition) is 0. The molecular formula is C22H28N4O3. The second-order valence-corrected chi connectivity index (χ2v) is 8.97. The van der Waals surface area contributed by atoms with Gasteiger partial charge >= 0.3 is 0 Å². The minimum absolute atomic E-state index is 0.116. The Kier molecular flexibility index (Phi) is 4.86. The van der Waals surface area contributed by atoms with Crippen molar-refractivity contribution >= 4 is 5.91 Å². The van der Waals surface area contributed by atoms with Gasteiger partial charge in [0.1, 0.15) is 0 Å². The van der Waals surface area contributed by atoms with Crippen LogP contribution in [0, 0.1) is 5.41 Å². The molecule has 2 aliphatic heterocycles. The van der Waals surface area contributed by atoms with Crippen molar-refractivity contribution < 1.29 is 14.1 Å². The zero-order valence-electron chi connectivity index (χ0n) is 17.0. The van der Waals surface area contributed by atoms with E-state index in [1.165, 1.54) is 6.42 Å². The van der Waals surface area contributed by atoms with Gasteiger partial charge in [-0.2, -0.15) is 4.98 Å². The number of rotatable bonds is 4. The Bertz CT molecular complexity index is 878. The summed E-state index contributed by atoms with van der Waals surface area (Å²) in [6.07, 6.45) is 7.82. The molecule has 7 heteroatoms. The zero-order valence-corrected chi connectivity index (χ0v) is 17.0. The van der Waals surface area contributed by atoms with Gasteiger partial charge in [-0.3, -0.25) is 9.78 Å². The summed E-state index contributed by atoms with van der Waals surface area (Å²) in [4.78, 5) is 23.9. The molecule has 3 aliphatic rings. The minimum atomic E-state index is -0.116. The molecule has 1 atom stereocenters. The van der Waals surface area contributed by atoms with E-state index in [-0.39, 0.29) is 11.3 Å². The monoisotopic (exact) mass is 396 g/mol. The van der Waals surface area contributed by atoms with Crippen LogP contribution >= 0.6 is 0 Å². The Morgan fingerprint density at radius 3 is 2.72 bits per heavy atom. The molecule has 0 N–H and O–H groups in total. The molecule has 4 heterocycles. The molecule has 2 aromatic heterocycles. The first-order chi connectivity index (χ1) is 14.1. The standard InChI is InChI=1S/C22H28N4O3/c1-22(7-2-8-22)21(27)26-10-4-15(5-11-26)19-24-20(29-25-19)16-3-9-23-18(13-16)17-6-12-28-14-17/h3,9,13,15,17H,2,4-8,10-12,14H2,1H3. The summed E-state index contributed by atoms with van der Waals surface area (Å²) >= 11 is 0. The highest BCUT2D eigenvalue weighted by Gasteiger charge is 2.42. The van der Waals surface area contributed by atoms with Crippen LogP contribution in [0.5, 0.6) is 0 Å². The normalized spacial score (nSPS) is 24.4. The number of carbonyl (C=O) groups is 1. The highest BCUT2D eigenvalue weighted by Crippen LogP contribution is 2.42. The lowest BCUT2D eigenvalue weighted by atomic mass is 9.69. The summed E-state index contributed by atoms with van der Waals surface area (Å²) < 4.78 is 11.1. The van der Waals surface area contributed by atoms with Gasteiger partial charge in [0.25, 0.3) is 5.89 Å². The molecule has 29 heavy (non-hydrogen) atoms. The van der Waals surface area contributed by atoms with Crippen molar-refractivity contribution in [1.82, 2.24) is 20.0 Å². The van der Waals surface area contributed by atoms with Crippen LogP contribution in [-0.4, -0.2) is 52.2 Å². The molecule has 1 aliphatic carbocycles. The smallest absolute Gasteiger partial charge is 0.258 e. The fraction of sp³-hybridized carbons (Fsp3) is 0.636. The van der Waals surface area contributed by atoms with Crippen molar-refractivity contribution in [2.45, 2.75) is 57.3 Å². The number of nitrogens with zero attached hydrogens (tertiary/aromatic N) is 4.